The molecule has 0 aromatic carbocycles. The largest absolute Gasteiger partial charge is 0.392 e. The molecule has 2 fully saturated rings. The molecule has 116 valence electrons. The first-order chi connectivity index (χ1) is 9.97. The fourth-order valence-electron chi connectivity index (χ4n) is 6.19. The molecule has 0 heterocycles. The van der Waals surface area contributed by atoms with Crippen molar-refractivity contribution >= 4 is 0 Å². The van der Waals surface area contributed by atoms with Gasteiger partial charge < -0.3 is 10.2 Å². The highest BCUT2D eigenvalue weighted by Crippen LogP contribution is 2.63. The lowest BCUT2D eigenvalue weighted by Gasteiger charge is -2.59. The molecule has 2 nitrogen and oxygen atoms in total. The van der Waals surface area contributed by atoms with Crippen molar-refractivity contribution in [3.8, 4) is 0 Å². The summed E-state index contributed by atoms with van der Waals surface area (Å²) in [5.41, 5.74) is 1.51. The molecule has 0 spiro atoms. The van der Waals surface area contributed by atoms with Crippen LogP contribution in [0.5, 0.6) is 0 Å². The second kappa shape index (κ2) is 4.45. The summed E-state index contributed by atoms with van der Waals surface area (Å²) in [6.07, 6.45) is 12.8. The van der Waals surface area contributed by atoms with Crippen molar-refractivity contribution in [2.24, 2.45) is 28.6 Å². The van der Waals surface area contributed by atoms with Crippen molar-refractivity contribution in [3.63, 3.8) is 0 Å². The van der Waals surface area contributed by atoms with E-state index in [2.05, 4.69) is 32.1 Å². The average Bonchev–Trinajstić information content (AvgIpc) is 2.83. The van der Waals surface area contributed by atoms with Gasteiger partial charge in [0.2, 0.25) is 0 Å². The number of hydrogen-bond donors (Lipinski definition) is 2. The Hall–Kier alpha value is -0.600. The second-order valence-corrected chi connectivity index (χ2v) is 8.35. The molecule has 0 saturated heterocycles. The second-order valence-electron chi connectivity index (χ2n) is 8.35. The Morgan fingerprint density at radius 3 is 2.76 bits per heavy atom. The fraction of sp³-hybridized carbons (Fsp3) is 0.789. The summed E-state index contributed by atoms with van der Waals surface area (Å²) >= 11 is 0. The summed E-state index contributed by atoms with van der Waals surface area (Å²) in [5.74, 6) is 1.32. The SMILES string of the molecule is C[C@@]12C=CC[C@H]1[C@@H]1C(O)C=C3CCCC(O)[C@]3(C)[C@H]1CC2. The van der Waals surface area contributed by atoms with Gasteiger partial charge in [-0.2, -0.15) is 0 Å². The lowest BCUT2D eigenvalue weighted by atomic mass is 9.47. The maximum Gasteiger partial charge on any atom is 0.0757 e. The Morgan fingerprint density at radius 2 is 1.95 bits per heavy atom. The molecule has 2 saturated carbocycles. The molecule has 4 aliphatic carbocycles. The van der Waals surface area contributed by atoms with Crippen molar-refractivity contribution in [3.05, 3.63) is 23.8 Å². The van der Waals surface area contributed by atoms with Gasteiger partial charge in [-0.05, 0) is 61.7 Å². The molecule has 2 unspecified atom stereocenters. The third kappa shape index (κ3) is 1.72. The van der Waals surface area contributed by atoms with E-state index in [0.29, 0.717) is 17.8 Å². The van der Waals surface area contributed by atoms with E-state index < -0.39 is 0 Å². The maximum atomic E-state index is 10.8. The monoisotopic (exact) mass is 288 g/mol. The standard InChI is InChI=1S/C19H28O2/c1-18-9-4-6-13(18)17-14(8-10-18)19(2)12(11-15(17)20)5-3-7-16(19)21/h4,9,11,13-17,20-21H,3,5-8,10H2,1-2H3/t13-,14-,15?,16?,17-,18-,19-/m0/s1. The predicted octanol–water partition coefficient (Wildman–Crippen LogP) is 3.45. The van der Waals surface area contributed by atoms with Crippen LogP contribution in [-0.2, 0) is 0 Å². The van der Waals surface area contributed by atoms with Crippen LogP contribution in [0, 0.1) is 28.6 Å². The Balaban J connectivity index is 1.78. The van der Waals surface area contributed by atoms with Crippen LogP contribution >= 0.6 is 0 Å². The molecule has 0 aromatic heterocycles. The molecule has 0 aromatic rings. The first-order valence-corrected chi connectivity index (χ1v) is 8.72. The van der Waals surface area contributed by atoms with Gasteiger partial charge in [0.15, 0.2) is 0 Å². The predicted molar refractivity (Wildman–Crippen MR) is 83.6 cm³/mol. The summed E-state index contributed by atoms with van der Waals surface area (Å²) in [6.45, 7) is 4.64. The Kier molecular flexibility index (Phi) is 2.97. The van der Waals surface area contributed by atoms with Crippen LogP contribution in [0.2, 0.25) is 0 Å². The molecule has 0 radical (unpaired) electrons. The van der Waals surface area contributed by atoms with Crippen LogP contribution in [0.4, 0.5) is 0 Å². The van der Waals surface area contributed by atoms with Crippen molar-refractivity contribution in [2.45, 2.75) is 64.6 Å². The van der Waals surface area contributed by atoms with E-state index in [1.54, 1.807) is 0 Å². The third-order valence-corrected chi connectivity index (χ3v) is 7.50. The van der Waals surface area contributed by atoms with Crippen LogP contribution in [0.1, 0.15) is 52.4 Å². The molecule has 0 amide bonds. The van der Waals surface area contributed by atoms with Crippen molar-refractivity contribution in [1.82, 2.24) is 0 Å². The van der Waals surface area contributed by atoms with Crippen LogP contribution in [0.3, 0.4) is 0 Å². The molecule has 0 aliphatic heterocycles. The van der Waals surface area contributed by atoms with Crippen LogP contribution in [0.25, 0.3) is 0 Å². The van der Waals surface area contributed by atoms with Crippen LogP contribution in [-0.4, -0.2) is 22.4 Å². The van der Waals surface area contributed by atoms with Crippen molar-refractivity contribution in [1.29, 1.82) is 0 Å². The third-order valence-electron chi connectivity index (χ3n) is 7.50. The summed E-state index contributed by atoms with van der Waals surface area (Å²) in [6, 6.07) is 0. The van der Waals surface area contributed by atoms with E-state index in [4.69, 9.17) is 0 Å². The molecule has 4 aliphatic rings. The molecule has 7 atom stereocenters. The minimum Gasteiger partial charge on any atom is -0.392 e. The average molecular weight is 288 g/mol. The van der Waals surface area contributed by atoms with E-state index in [1.807, 2.05) is 0 Å². The first kappa shape index (κ1) is 14.0. The molecular weight excluding hydrogens is 260 g/mol. The maximum absolute atomic E-state index is 10.8. The Bertz CT molecular complexity index is 508. The highest BCUT2D eigenvalue weighted by atomic mass is 16.3. The number of hydrogen-bond acceptors (Lipinski definition) is 2. The number of rotatable bonds is 0. The summed E-state index contributed by atoms with van der Waals surface area (Å²) in [4.78, 5) is 0. The van der Waals surface area contributed by atoms with Gasteiger partial charge in [-0.15, -0.1) is 0 Å². The quantitative estimate of drug-likeness (QED) is 0.670. The molecule has 2 heteroatoms. The minimum atomic E-state index is -0.312. The smallest absolute Gasteiger partial charge is 0.0757 e. The Labute approximate surface area is 127 Å². The van der Waals surface area contributed by atoms with Gasteiger partial charge >= 0.3 is 0 Å². The van der Waals surface area contributed by atoms with Gasteiger partial charge in [-0.3, -0.25) is 0 Å². The molecule has 0 bridgehead atoms. The van der Waals surface area contributed by atoms with Crippen molar-refractivity contribution < 1.29 is 10.2 Å². The minimum absolute atomic E-state index is 0.0912. The van der Waals surface area contributed by atoms with Gasteiger partial charge in [0.05, 0.1) is 12.2 Å². The van der Waals surface area contributed by atoms with Gasteiger partial charge in [0.1, 0.15) is 0 Å². The van der Waals surface area contributed by atoms with Gasteiger partial charge in [-0.25, -0.2) is 0 Å². The zero-order chi connectivity index (χ0) is 14.8. The zero-order valence-corrected chi connectivity index (χ0v) is 13.3. The van der Waals surface area contributed by atoms with Crippen LogP contribution < -0.4 is 0 Å². The van der Waals surface area contributed by atoms with Gasteiger partial charge in [-0.1, -0.05) is 37.6 Å². The summed E-state index contributed by atoms with van der Waals surface area (Å²) in [5, 5.41) is 21.6. The normalized spacial score (nSPS) is 55.4. The molecule has 2 N–H and O–H groups in total. The first-order valence-electron chi connectivity index (χ1n) is 8.72. The van der Waals surface area contributed by atoms with E-state index in [1.165, 1.54) is 12.0 Å². The highest BCUT2D eigenvalue weighted by Gasteiger charge is 2.58. The molecule has 21 heavy (non-hydrogen) atoms. The lowest BCUT2D eigenvalue weighted by molar-refractivity contribution is -0.108. The number of allylic oxidation sites excluding steroid dienone is 2. The van der Waals surface area contributed by atoms with Crippen molar-refractivity contribution in [2.75, 3.05) is 0 Å². The van der Waals surface area contributed by atoms with Gasteiger partial charge in [0.25, 0.3) is 0 Å². The van der Waals surface area contributed by atoms with Crippen LogP contribution in [0.15, 0.2) is 23.8 Å². The number of aliphatic hydroxyl groups is 2. The van der Waals surface area contributed by atoms with E-state index in [9.17, 15) is 10.2 Å². The Morgan fingerprint density at radius 1 is 1.14 bits per heavy atom. The number of aliphatic hydroxyl groups excluding tert-OH is 2. The molecule has 4 rings (SSSR count). The van der Waals surface area contributed by atoms with E-state index in [-0.39, 0.29) is 23.0 Å². The molecular formula is C19H28O2. The lowest BCUT2D eigenvalue weighted by Crippen LogP contribution is -2.56. The summed E-state index contributed by atoms with van der Waals surface area (Å²) in [7, 11) is 0. The highest BCUT2D eigenvalue weighted by molar-refractivity contribution is 5.30. The topological polar surface area (TPSA) is 40.5 Å². The van der Waals surface area contributed by atoms with Gasteiger partial charge in [0, 0.05) is 5.41 Å². The van der Waals surface area contributed by atoms with E-state index in [0.717, 1.165) is 32.1 Å². The summed E-state index contributed by atoms with van der Waals surface area (Å²) < 4.78 is 0. The zero-order valence-electron chi connectivity index (χ0n) is 13.3. The van der Waals surface area contributed by atoms with E-state index >= 15 is 0 Å². The number of fused-ring (bicyclic) bond motifs is 5. The fourth-order valence-corrected chi connectivity index (χ4v) is 6.19.